The van der Waals surface area contributed by atoms with E-state index in [2.05, 4.69) is 84.9 Å². The van der Waals surface area contributed by atoms with E-state index in [0.717, 1.165) is 86.5 Å². The fourth-order valence-electron chi connectivity index (χ4n) is 6.00. The van der Waals surface area contributed by atoms with Gasteiger partial charge >= 0.3 is 0 Å². The predicted molar refractivity (Wildman–Crippen MR) is 161 cm³/mol. The van der Waals surface area contributed by atoms with Gasteiger partial charge in [0.05, 0.1) is 0 Å². The minimum atomic E-state index is -0.217. The molecule has 0 saturated heterocycles. The van der Waals surface area contributed by atoms with Gasteiger partial charge in [-0.3, -0.25) is 4.79 Å². The lowest BCUT2D eigenvalue weighted by molar-refractivity contribution is 0.0977. The molecule has 3 atom stereocenters. The Morgan fingerprint density at radius 2 is 1.22 bits per heavy atom. The molecular formula is C35H52O2. The summed E-state index contributed by atoms with van der Waals surface area (Å²) < 4.78 is 0. The van der Waals surface area contributed by atoms with Crippen molar-refractivity contribution in [3.8, 4) is 0 Å². The van der Waals surface area contributed by atoms with Crippen LogP contribution >= 0.6 is 0 Å². The maximum atomic E-state index is 14.2. The summed E-state index contributed by atoms with van der Waals surface area (Å²) in [6.45, 7) is 15.4. The third kappa shape index (κ3) is 7.82. The van der Waals surface area contributed by atoms with E-state index in [1.807, 2.05) is 0 Å². The maximum absolute atomic E-state index is 14.2. The molecule has 0 aliphatic rings. The number of rotatable bonds is 16. The first-order chi connectivity index (χ1) is 17.9. The Morgan fingerprint density at radius 1 is 0.730 bits per heavy atom. The molecule has 2 nitrogen and oxygen atoms in total. The number of ketones is 1. The molecule has 0 aliphatic carbocycles. The lowest BCUT2D eigenvalue weighted by Gasteiger charge is -2.24. The average Bonchev–Trinajstić information content (AvgIpc) is 2.92. The van der Waals surface area contributed by atoms with Crippen LogP contribution in [-0.2, 0) is 6.42 Å². The third-order valence-electron chi connectivity index (χ3n) is 8.15. The predicted octanol–water partition coefficient (Wildman–Crippen LogP) is 10.9. The summed E-state index contributed by atoms with van der Waals surface area (Å²) in [5.41, 5.74) is 6.44. The fraction of sp³-hybridized carbons (Fsp3) is 0.571. The van der Waals surface area contributed by atoms with Crippen LogP contribution in [0.1, 0.15) is 162 Å². The largest absolute Gasteiger partial charge is 0.504 e. The summed E-state index contributed by atoms with van der Waals surface area (Å²) in [6, 6.07) is 13.0. The molecule has 0 radical (unpaired) electrons. The zero-order valence-electron chi connectivity index (χ0n) is 24.7. The van der Waals surface area contributed by atoms with E-state index in [0.29, 0.717) is 17.8 Å². The number of hydrogen-bond donors (Lipinski definition) is 1. The van der Waals surface area contributed by atoms with Crippen molar-refractivity contribution >= 4 is 11.9 Å². The van der Waals surface area contributed by atoms with Crippen LogP contribution in [0.25, 0.3) is 6.08 Å². The van der Waals surface area contributed by atoms with Crippen molar-refractivity contribution in [2.45, 2.75) is 130 Å². The van der Waals surface area contributed by atoms with Crippen molar-refractivity contribution in [1.29, 1.82) is 0 Å². The van der Waals surface area contributed by atoms with Crippen molar-refractivity contribution < 1.29 is 9.90 Å². The van der Waals surface area contributed by atoms with Gasteiger partial charge in [0, 0.05) is 5.56 Å². The van der Waals surface area contributed by atoms with Crippen LogP contribution in [0, 0.1) is 0 Å². The van der Waals surface area contributed by atoms with E-state index < -0.39 is 0 Å². The first kappa shape index (κ1) is 30.9. The number of benzene rings is 2. The van der Waals surface area contributed by atoms with Crippen LogP contribution < -0.4 is 0 Å². The van der Waals surface area contributed by atoms with Crippen LogP contribution in [-0.4, -0.2) is 10.9 Å². The van der Waals surface area contributed by atoms with Crippen LogP contribution in [0.2, 0.25) is 0 Å². The van der Waals surface area contributed by atoms with E-state index in [9.17, 15) is 9.90 Å². The SMILES string of the molecule is CCCC(CC)c1ccc(CC)cc1C=C(O)C(=O)c1c(C(CC)CCC)cccc1C(CC)CCC. The van der Waals surface area contributed by atoms with Crippen molar-refractivity contribution in [2.24, 2.45) is 0 Å². The lowest BCUT2D eigenvalue weighted by Crippen LogP contribution is -2.15. The molecule has 1 N–H and O–H groups in total. The molecule has 0 spiro atoms. The lowest BCUT2D eigenvalue weighted by atomic mass is 9.79. The molecule has 0 aromatic heterocycles. The summed E-state index contributed by atoms with van der Waals surface area (Å²) in [4.78, 5) is 14.2. The van der Waals surface area contributed by atoms with Crippen molar-refractivity contribution in [3.05, 3.63) is 75.5 Å². The molecule has 204 valence electrons. The second kappa shape index (κ2) is 15.8. The minimum Gasteiger partial charge on any atom is -0.504 e. The highest BCUT2D eigenvalue weighted by Crippen LogP contribution is 2.37. The molecule has 0 fully saturated rings. The normalized spacial score (nSPS) is 14.4. The Bertz CT molecular complexity index is 984. The van der Waals surface area contributed by atoms with Crippen molar-refractivity contribution in [3.63, 3.8) is 0 Å². The second-order valence-corrected chi connectivity index (χ2v) is 10.7. The van der Waals surface area contributed by atoms with Gasteiger partial charge in [-0.25, -0.2) is 0 Å². The summed E-state index contributed by atoms with van der Waals surface area (Å²) in [7, 11) is 0. The Labute approximate surface area is 227 Å². The minimum absolute atomic E-state index is 0.132. The first-order valence-electron chi connectivity index (χ1n) is 15.1. The molecule has 2 heteroatoms. The molecule has 0 saturated carbocycles. The summed E-state index contributed by atoms with van der Waals surface area (Å²) in [5.74, 6) is 0.724. The number of aliphatic hydroxyl groups is 1. The number of carbonyl (C=O) groups excluding carboxylic acids is 1. The van der Waals surface area contributed by atoms with Gasteiger partial charge in [0.25, 0.3) is 0 Å². The molecule has 37 heavy (non-hydrogen) atoms. The first-order valence-corrected chi connectivity index (χ1v) is 15.1. The van der Waals surface area contributed by atoms with Gasteiger partial charge in [0.2, 0.25) is 5.78 Å². The highest BCUT2D eigenvalue weighted by Gasteiger charge is 2.26. The molecule has 2 rings (SSSR count). The van der Waals surface area contributed by atoms with Gasteiger partial charge in [0.15, 0.2) is 5.76 Å². The van der Waals surface area contributed by atoms with Crippen molar-refractivity contribution in [2.75, 3.05) is 0 Å². The quantitative estimate of drug-likeness (QED) is 0.140. The highest BCUT2D eigenvalue weighted by atomic mass is 16.3. The fourth-order valence-corrected chi connectivity index (χ4v) is 6.00. The molecular weight excluding hydrogens is 452 g/mol. The van der Waals surface area contributed by atoms with Crippen LogP contribution in [0.4, 0.5) is 0 Å². The smallest absolute Gasteiger partial charge is 0.227 e. The molecule has 2 aromatic rings. The second-order valence-electron chi connectivity index (χ2n) is 10.7. The third-order valence-corrected chi connectivity index (χ3v) is 8.15. The molecule has 0 aliphatic heterocycles. The van der Waals surface area contributed by atoms with Crippen LogP contribution in [0.5, 0.6) is 0 Å². The van der Waals surface area contributed by atoms with E-state index in [4.69, 9.17) is 0 Å². The molecule has 0 bridgehead atoms. The summed E-state index contributed by atoms with van der Waals surface area (Å²) in [5, 5.41) is 11.4. The topological polar surface area (TPSA) is 37.3 Å². The molecule has 0 amide bonds. The number of carbonyl (C=O) groups is 1. The van der Waals surface area contributed by atoms with Gasteiger partial charge < -0.3 is 5.11 Å². The highest BCUT2D eigenvalue weighted by molar-refractivity contribution is 6.11. The van der Waals surface area contributed by atoms with E-state index in [1.54, 1.807) is 6.08 Å². The van der Waals surface area contributed by atoms with E-state index in [-0.39, 0.29) is 11.5 Å². The van der Waals surface area contributed by atoms with Gasteiger partial charge in [-0.15, -0.1) is 0 Å². The van der Waals surface area contributed by atoms with Crippen LogP contribution in [0.15, 0.2) is 42.2 Å². The Morgan fingerprint density at radius 3 is 1.65 bits per heavy atom. The van der Waals surface area contributed by atoms with Crippen LogP contribution in [0.3, 0.4) is 0 Å². The number of aliphatic hydroxyl groups excluding tert-OH is 1. The average molecular weight is 505 g/mol. The van der Waals surface area contributed by atoms with Gasteiger partial charge in [-0.05, 0) is 96.6 Å². The Hall–Kier alpha value is -2.35. The van der Waals surface area contributed by atoms with Gasteiger partial charge in [-0.2, -0.15) is 0 Å². The van der Waals surface area contributed by atoms with E-state index in [1.165, 1.54) is 11.1 Å². The standard InChI is InChI=1S/C35H52O2/c1-8-16-26(12-5)30-22-21-25(11-4)23-29(30)24-33(36)35(37)34-31(27(13-6)17-9-2)19-15-20-32(34)28(14-7)18-10-3/h15,19-24,26-28,36H,8-14,16-18H2,1-7H3. The molecule has 3 unspecified atom stereocenters. The Kier molecular flexibility index (Phi) is 13.2. The zero-order chi connectivity index (χ0) is 27.4. The van der Waals surface area contributed by atoms with Gasteiger partial charge in [0.1, 0.15) is 0 Å². The molecule has 0 heterocycles. The summed E-state index contributed by atoms with van der Waals surface area (Å²) >= 11 is 0. The van der Waals surface area contributed by atoms with E-state index >= 15 is 0 Å². The number of hydrogen-bond acceptors (Lipinski definition) is 2. The summed E-state index contributed by atoms with van der Waals surface area (Å²) in [6.07, 6.45) is 12.2. The number of allylic oxidation sites excluding steroid dienone is 1. The van der Waals surface area contributed by atoms with Crippen molar-refractivity contribution in [1.82, 2.24) is 0 Å². The monoisotopic (exact) mass is 504 g/mol. The zero-order valence-corrected chi connectivity index (χ0v) is 24.7. The molecule has 2 aromatic carbocycles. The maximum Gasteiger partial charge on any atom is 0.227 e. The number of aryl methyl sites for hydroxylation is 1. The van der Waals surface area contributed by atoms with Gasteiger partial charge in [-0.1, -0.05) is 104 Å². The number of Topliss-reactive ketones (excluding diaryl/α,β-unsaturated/α-hetero) is 1. The Balaban J connectivity index is 2.71.